The van der Waals surface area contributed by atoms with Crippen molar-refractivity contribution in [1.82, 2.24) is 35.3 Å². The first kappa shape index (κ1) is 16.5. The molecule has 3 aromatic rings. The molecule has 1 aliphatic rings. The highest BCUT2D eigenvalue weighted by atomic mass is 19.4. The average Bonchev–Trinajstić information content (AvgIpc) is 3.24. The molecular weight excluding hydrogens is 351 g/mol. The van der Waals surface area contributed by atoms with Crippen molar-refractivity contribution in [2.24, 2.45) is 5.92 Å². The minimum atomic E-state index is -4.44. The van der Waals surface area contributed by atoms with Gasteiger partial charge < -0.3 is 9.88 Å². The summed E-state index contributed by atoms with van der Waals surface area (Å²) in [5.74, 6) is 0.0953. The molecule has 3 aromatic heterocycles. The standard InChI is InChI=1S/C15H14F3N7O/c16-15(17,18)11-7-25-6-8(1-4-12(25)21-11)5-19-14(26)10-3-2-9-13(20-10)23-24-22-9/h2-3,7-8H,1,4-6H2,(H,19,26)(H,20,22,23,24). The Morgan fingerprint density at radius 1 is 1.31 bits per heavy atom. The molecule has 1 atom stereocenters. The van der Waals surface area contributed by atoms with E-state index < -0.39 is 11.9 Å². The molecule has 0 aromatic carbocycles. The number of nitrogens with zero attached hydrogens (tertiary/aromatic N) is 5. The largest absolute Gasteiger partial charge is 0.434 e. The van der Waals surface area contributed by atoms with Crippen LogP contribution in [0.1, 0.15) is 28.4 Å². The van der Waals surface area contributed by atoms with Crippen molar-refractivity contribution in [3.05, 3.63) is 35.5 Å². The highest BCUT2D eigenvalue weighted by molar-refractivity contribution is 5.93. The number of halogens is 3. The van der Waals surface area contributed by atoms with Crippen LogP contribution < -0.4 is 5.32 Å². The fourth-order valence-corrected chi connectivity index (χ4v) is 3.01. The number of hydrogen-bond donors (Lipinski definition) is 2. The Morgan fingerprint density at radius 2 is 2.15 bits per heavy atom. The number of aromatic nitrogens is 6. The second-order valence-corrected chi connectivity index (χ2v) is 6.17. The van der Waals surface area contributed by atoms with Crippen molar-refractivity contribution >= 4 is 17.1 Å². The lowest BCUT2D eigenvalue weighted by Crippen LogP contribution is -2.34. The van der Waals surface area contributed by atoms with Gasteiger partial charge in [-0.1, -0.05) is 0 Å². The zero-order valence-corrected chi connectivity index (χ0v) is 13.4. The molecular formula is C15H14F3N7O. The van der Waals surface area contributed by atoms with Crippen molar-refractivity contribution in [2.45, 2.75) is 25.6 Å². The number of aryl methyl sites for hydroxylation is 1. The number of nitrogens with one attached hydrogen (secondary N) is 2. The van der Waals surface area contributed by atoms with Crippen LogP contribution in [0, 0.1) is 5.92 Å². The van der Waals surface area contributed by atoms with E-state index in [9.17, 15) is 18.0 Å². The molecule has 0 aliphatic carbocycles. The summed E-state index contributed by atoms with van der Waals surface area (Å²) in [6.45, 7) is 0.727. The van der Waals surface area contributed by atoms with Gasteiger partial charge in [0, 0.05) is 25.7 Å². The first-order valence-electron chi connectivity index (χ1n) is 7.99. The average molecular weight is 365 g/mol. The van der Waals surface area contributed by atoms with Crippen molar-refractivity contribution in [3.8, 4) is 0 Å². The summed E-state index contributed by atoms with van der Waals surface area (Å²) in [5, 5.41) is 12.9. The van der Waals surface area contributed by atoms with Crippen molar-refractivity contribution in [3.63, 3.8) is 0 Å². The van der Waals surface area contributed by atoms with Crippen molar-refractivity contribution < 1.29 is 18.0 Å². The number of pyridine rings is 1. The fourth-order valence-electron chi connectivity index (χ4n) is 3.01. The maximum atomic E-state index is 12.7. The first-order valence-corrected chi connectivity index (χ1v) is 7.99. The van der Waals surface area contributed by atoms with Gasteiger partial charge >= 0.3 is 6.18 Å². The third-order valence-electron chi connectivity index (χ3n) is 4.35. The molecule has 0 saturated heterocycles. The minimum Gasteiger partial charge on any atom is -0.350 e. The van der Waals surface area contributed by atoms with E-state index in [2.05, 4.69) is 30.7 Å². The Morgan fingerprint density at radius 3 is 2.96 bits per heavy atom. The van der Waals surface area contributed by atoms with Crippen molar-refractivity contribution in [1.29, 1.82) is 0 Å². The number of carbonyl (C=O) groups excluding carboxylic acids is 1. The Kier molecular flexibility index (Phi) is 3.85. The van der Waals surface area contributed by atoms with Crippen LogP contribution in [0.4, 0.5) is 13.2 Å². The van der Waals surface area contributed by atoms with E-state index in [1.807, 2.05) is 0 Å². The zero-order valence-electron chi connectivity index (χ0n) is 13.4. The van der Waals surface area contributed by atoms with E-state index in [0.717, 1.165) is 6.20 Å². The van der Waals surface area contributed by atoms with Crippen LogP contribution in [0.2, 0.25) is 0 Å². The molecule has 26 heavy (non-hydrogen) atoms. The summed E-state index contributed by atoms with van der Waals surface area (Å²) < 4.78 is 39.8. The molecule has 1 aliphatic heterocycles. The van der Waals surface area contributed by atoms with Gasteiger partial charge in [-0.05, 0) is 24.5 Å². The lowest BCUT2D eigenvalue weighted by molar-refractivity contribution is -0.141. The third-order valence-corrected chi connectivity index (χ3v) is 4.35. The van der Waals surface area contributed by atoms with Gasteiger partial charge in [0.05, 0.1) is 0 Å². The number of imidazole rings is 1. The highest BCUT2D eigenvalue weighted by Gasteiger charge is 2.35. The van der Waals surface area contributed by atoms with Crippen LogP contribution in [0.15, 0.2) is 18.3 Å². The molecule has 0 radical (unpaired) electrons. The van der Waals surface area contributed by atoms with Crippen LogP contribution in [-0.4, -0.2) is 42.4 Å². The molecule has 11 heteroatoms. The maximum Gasteiger partial charge on any atom is 0.434 e. The quantitative estimate of drug-likeness (QED) is 0.734. The molecule has 136 valence electrons. The number of rotatable bonds is 3. The van der Waals surface area contributed by atoms with Crippen LogP contribution in [-0.2, 0) is 19.1 Å². The fraction of sp³-hybridized carbons (Fsp3) is 0.400. The van der Waals surface area contributed by atoms with E-state index in [4.69, 9.17) is 0 Å². The van der Waals surface area contributed by atoms with E-state index in [1.165, 1.54) is 4.57 Å². The molecule has 0 fully saturated rings. The molecule has 1 unspecified atom stereocenters. The number of aromatic amines is 1. The van der Waals surface area contributed by atoms with Gasteiger partial charge in [-0.3, -0.25) is 4.79 Å². The van der Waals surface area contributed by atoms with Crippen LogP contribution >= 0.6 is 0 Å². The number of carbonyl (C=O) groups is 1. The van der Waals surface area contributed by atoms with Crippen LogP contribution in [0.3, 0.4) is 0 Å². The minimum absolute atomic E-state index is 0.0255. The van der Waals surface area contributed by atoms with E-state index in [0.29, 0.717) is 42.9 Å². The maximum absolute atomic E-state index is 12.7. The summed E-state index contributed by atoms with van der Waals surface area (Å²) in [5.41, 5.74) is 0.243. The predicted molar refractivity (Wildman–Crippen MR) is 83.1 cm³/mol. The molecule has 4 heterocycles. The summed E-state index contributed by atoms with van der Waals surface area (Å²) >= 11 is 0. The van der Waals surface area contributed by atoms with Gasteiger partial charge in [0.15, 0.2) is 5.69 Å². The van der Waals surface area contributed by atoms with Crippen LogP contribution in [0.25, 0.3) is 11.2 Å². The van der Waals surface area contributed by atoms with Gasteiger partial charge in [0.1, 0.15) is 17.0 Å². The van der Waals surface area contributed by atoms with E-state index >= 15 is 0 Å². The molecule has 8 nitrogen and oxygen atoms in total. The summed E-state index contributed by atoms with van der Waals surface area (Å²) in [6, 6.07) is 3.18. The number of H-pyrrole nitrogens is 1. The van der Waals surface area contributed by atoms with Gasteiger partial charge in [-0.2, -0.15) is 23.5 Å². The molecule has 2 N–H and O–H groups in total. The number of hydrogen-bond acceptors (Lipinski definition) is 5. The SMILES string of the molecule is O=C(NCC1CCc2nc(C(F)(F)F)cn2C1)c1ccc2n[nH]nc2n1. The second kappa shape index (κ2) is 6.07. The van der Waals surface area contributed by atoms with Gasteiger partial charge in [0.25, 0.3) is 5.91 Å². The Labute approximate surface area is 144 Å². The topological polar surface area (TPSA) is 101 Å². The number of fused-ring (bicyclic) bond motifs is 2. The summed E-state index contributed by atoms with van der Waals surface area (Å²) in [4.78, 5) is 20.0. The molecule has 4 rings (SSSR count). The van der Waals surface area contributed by atoms with E-state index in [1.54, 1.807) is 12.1 Å². The normalized spacial score (nSPS) is 17.3. The van der Waals surface area contributed by atoms with E-state index in [-0.39, 0.29) is 17.5 Å². The number of amides is 1. The summed E-state index contributed by atoms with van der Waals surface area (Å²) in [6.07, 6.45) is -2.31. The predicted octanol–water partition coefficient (Wildman–Crippen LogP) is 1.56. The lowest BCUT2D eigenvalue weighted by atomic mass is 9.99. The Balaban J connectivity index is 1.39. The molecule has 0 saturated carbocycles. The monoisotopic (exact) mass is 365 g/mol. The smallest absolute Gasteiger partial charge is 0.350 e. The molecule has 0 bridgehead atoms. The second-order valence-electron chi connectivity index (χ2n) is 6.17. The number of alkyl halides is 3. The molecule has 0 spiro atoms. The van der Waals surface area contributed by atoms with Gasteiger partial charge in [0.2, 0.25) is 5.65 Å². The van der Waals surface area contributed by atoms with Crippen LogP contribution in [0.5, 0.6) is 0 Å². The third kappa shape index (κ3) is 3.11. The Bertz CT molecular complexity index is 962. The van der Waals surface area contributed by atoms with Gasteiger partial charge in [-0.15, -0.1) is 5.10 Å². The highest BCUT2D eigenvalue weighted by Crippen LogP contribution is 2.30. The molecule has 1 amide bonds. The zero-order chi connectivity index (χ0) is 18.3. The van der Waals surface area contributed by atoms with Gasteiger partial charge in [-0.25, -0.2) is 9.97 Å². The first-order chi connectivity index (χ1) is 12.4. The summed E-state index contributed by atoms with van der Waals surface area (Å²) in [7, 11) is 0. The van der Waals surface area contributed by atoms with Crippen molar-refractivity contribution in [2.75, 3.05) is 6.54 Å². The Hall–Kier alpha value is -2.98. The lowest BCUT2D eigenvalue weighted by Gasteiger charge is -2.23.